The highest BCUT2D eigenvalue weighted by atomic mass is 15.1. The molecule has 1 aromatic heterocycles. The average molecular weight is 274 g/mol. The predicted molar refractivity (Wildman–Crippen MR) is 85.8 cm³/mol. The second-order valence-electron chi connectivity index (χ2n) is 6.11. The Hall–Kier alpha value is -0.890. The van der Waals surface area contributed by atoms with Crippen molar-refractivity contribution in [3.8, 4) is 0 Å². The Balaban J connectivity index is 1.53. The topological polar surface area (TPSA) is 16.1 Å². The van der Waals surface area contributed by atoms with Gasteiger partial charge >= 0.3 is 0 Å². The van der Waals surface area contributed by atoms with Crippen LogP contribution < -0.4 is 0 Å². The molecule has 1 aliphatic rings. The minimum atomic E-state index is 1.11. The summed E-state index contributed by atoms with van der Waals surface area (Å²) in [7, 11) is 0. The van der Waals surface area contributed by atoms with Crippen LogP contribution in [0, 0.1) is 0 Å². The molecule has 2 nitrogen and oxygen atoms in total. The number of unbranched alkanes of at least 4 members (excludes halogenated alkanes) is 7. The molecule has 0 N–H and O–H groups in total. The molecule has 0 saturated carbocycles. The van der Waals surface area contributed by atoms with Gasteiger partial charge in [-0.1, -0.05) is 57.9 Å². The lowest BCUT2D eigenvalue weighted by Crippen LogP contribution is -2.31. The third-order valence-corrected chi connectivity index (χ3v) is 4.37. The summed E-state index contributed by atoms with van der Waals surface area (Å²) in [6, 6.07) is 4.31. The van der Waals surface area contributed by atoms with Crippen LogP contribution in [-0.4, -0.2) is 23.0 Å². The van der Waals surface area contributed by atoms with E-state index in [2.05, 4.69) is 28.9 Å². The molecular weight excluding hydrogens is 244 g/mol. The molecule has 0 amide bonds. The Kier molecular flexibility index (Phi) is 7.07. The van der Waals surface area contributed by atoms with Gasteiger partial charge in [-0.15, -0.1) is 0 Å². The van der Waals surface area contributed by atoms with E-state index in [0.717, 1.165) is 13.0 Å². The van der Waals surface area contributed by atoms with Crippen LogP contribution in [0.2, 0.25) is 0 Å². The normalized spacial score (nSPS) is 15.2. The number of hydrogen-bond donors (Lipinski definition) is 0. The fourth-order valence-corrected chi connectivity index (χ4v) is 3.08. The standard InChI is InChI=1S/C18H30N2/c1-2-3-4-5-6-7-8-9-14-20-15-12-18-17(16-20)11-10-13-19-18/h10-11,13H,2-9,12,14-16H2,1H3. The van der Waals surface area contributed by atoms with Crippen LogP contribution >= 0.6 is 0 Å². The SMILES string of the molecule is CCCCCCCCCCN1CCc2ncccc2C1. The minimum Gasteiger partial charge on any atom is -0.299 e. The Bertz CT molecular complexity index is 375. The molecule has 0 aromatic carbocycles. The molecule has 0 radical (unpaired) electrons. The summed E-state index contributed by atoms with van der Waals surface area (Å²) in [6.45, 7) is 5.86. The molecule has 0 saturated heterocycles. The van der Waals surface area contributed by atoms with E-state index in [1.165, 1.54) is 75.7 Å². The van der Waals surface area contributed by atoms with Crippen LogP contribution in [0.5, 0.6) is 0 Å². The van der Waals surface area contributed by atoms with E-state index in [1.54, 1.807) is 0 Å². The molecule has 0 fully saturated rings. The van der Waals surface area contributed by atoms with E-state index in [1.807, 2.05) is 6.20 Å². The van der Waals surface area contributed by atoms with Gasteiger partial charge in [0.25, 0.3) is 0 Å². The zero-order chi connectivity index (χ0) is 14.0. The molecule has 0 bridgehead atoms. The summed E-state index contributed by atoms with van der Waals surface area (Å²) in [5.41, 5.74) is 2.76. The van der Waals surface area contributed by atoms with Crippen molar-refractivity contribution in [2.45, 2.75) is 71.3 Å². The highest BCUT2D eigenvalue weighted by molar-refractivity contribution is 5.22. The van der Waals surface area contributed by atoms with E-state index in [9.17, 15) is 0 Å². The molecule has 20 heavy (non-hydrogen) atoms. The number of nitrogens with zero attached hydrogens (tertiary/aromatic N) is 2. The highest BCUT2D eigenvalue weighted by Gasteiger charge is 2.15. The van der Waals surface area contributed by atoms with Gasteiger partial charge in [-0.3, -0.25) is 9.88 Å². The number of aromatic nitrogens is 1. The molecule has 2 heterocycles. The van der Waals surface area contributed by atoms with Crippen LogP contribution in [0.4, 0.5) is 0 Å². The van der Waals surface area contributed by atoms with Crippen molar-refractivity contribution in [1.82, 2.24) is 9.88 Å². The lowest BCUT2D eigenvalue weighted by molar-refractivity contribution is 0.246. The lowest BCUT2D eigenvalue weighted by atomic mass is 10.0. The summed E-state index contributed by atoms with van der Waals surface area (Å²) < 4.78 is 0. The monoisotopic (exact) mass is 274 g/mol. The van der Waals surface area contributed by atoms with Crippen LogP contribution in [0.3, 0.4) is 0 Å². The quantitative estimate of drug-likeness (QED) is 0.613. The van der Waals surface area contributed by atoms with Gasteiger partial charge in [0.15, 0.2) is 0 Å². The molecule has 112 valence electrons. The maximum atomic E-state index is 4.47. The van der Waals surface area contributed by atoms with Gasteiger partial charge in [0.05, 0.1) is 0 Å². The van der Waals surface area contributed by atoms with Gasteiger partial charge in [-0.05, 0) is 24.6 Å². The third-order valence-electron chi connectivity index (χ3n) is 4.37. The van der Waals surface area contributed by atoms with Gasteiger partial charge in [-0.2, -0.15) is 0 Å². The summed E-state index contributed by atoms with van der Waals surface area (Å²) in [6.07, 6.45) is 14.3. The fraction of sp³-hybridized carbons (Fsp3) is 0.722. The number of rotatable bonds is 9. The highest BCUT2D eigenvalue weighted by Crippen LogP contribution is 2.17. The van der Waals surface area contributed by atoms with Gasteiger partial charge in [0, 0.05) is 31.4 Å². The van der Waals surface area contributed by atoms with E-state index < -0.39 is 0 Å². The summed E-state index contributed by atoms with van der Waals surface area (Å²) in [5, 5.41) is 0. The van der Waals surface area contributed by atoms with E-state index >= 15 is 0 Å². The van der Waals surface area contributed by atoms with E-state index in [0.29, 0.717) is 0 Å². The average Bonchev–Trinajstić information content (AvgIpc) is 2.50. The lowest BCUT2D eigenvalue weighted by Gasteiger charge is -2.27. The van der Waals surface area contributed by atoms with Crippen molar-refractivity contribution >= 4 is 0 Å². The first-order chi connectivity index (χ1) is 9.90. The molecular formula is C18H30N2. The number of hydrogen-bond acceptors (Lipinski definition) is 2. The Labute approximate surface area is 124 Å². The Morgan fingerprint density at radius 3 is 2.60 bits per heavy atom. The van der Waals surface area contributed by atoms with Crippen LogP contribution in [0.15, 0.2) is 18.3 Å². The molecule has 1 aromatic rings. The van der Waals surface area contributed by atoms with Gasteiger partial charge in [0.1, 0.15) is 0 Å². The zero-order valence-corrected chi connectivity index (χ0v) is 13.1. The smallest absolute Gasteiger partial charge is 0.0461 e. The van der Waals surface area contributed by atoms with Crippen molar-refractivity contribution in [2.75, 3.05) is 13.1 Å². The second-order valence-corrected chi connectivity index (χ2v) is 6.11. The van der Waals surface area contributed by atoms with Gasteiger partial charge in [-0.25, -0.2) is 0 Å². The first-order valence-corrected chi connectivity index (χ1v) is 8.55. The molecule has 0 spiro atoms. The fourth-order valence-electron chi connectivity index (χ4n) is 3.08. The van der Waals surface area contributed by atoms with Crippen molar-refractivity contribution in [3.63, 3.8) is 0 Å². The molecule has 0 unspecified atom stereocenters. The van der Waals surface area contributed by atoms with Crippen LogP contribution in [0.1, 0.15) is 69.5 Å². The molecule has 0 atom stereocenters. The van der Waals surface area contributed by atoms with Gasteiger partial charge in [0.2, 0.25) is 0 Å². The maximum absolute atomic E-state index is 4.47. The van der Waals surface area contributed by atoms with Crippen molar-refractivity contribution in [3.05, 3.63) is 29.6 Å². The number of pyridine rings is 1. The molecule has 1 aliphatic heterocycles. The summed E-state index contributed by atoms with van der Waals surface area (Å²) in [4.78, 5) is 7.07. The first-order valence-electron chi connectivity index (χ1n) is 8.55. The van der Waals surface area contributed by atoms with Crippen molar-refractivity contribution in [1.29, 1.82) is 0 Å². The zero-order valence-electron chi connectivity index (χ0n) is 13.1. The minimum absolute atomic E-state index is 1.11. The first kappa shape index (κ1) is 15.5. The van der Waals surface area contributed by atoms with E-state index in [4.69, 9.17) is 0 Å². The number of fused-ring (bicyclic) bond motifs is 1. The van der Waals surface area contributed by atoms with Crippen LogP contribution in [-0.2, 0) is 13.0 Å². The Morgan fingerprint density at radius 1 is 1.05 bits per heavy atom. The summed E-state index contributed by atoms with van der Waals surface area (Å²) >= 11 is 0. The molecule has 2 rings (SSSR count). The van der Waals surface area contributed by atoms with Gasteiger partial charge < -0.3 is 0 Å². The van der Waals surface area contributed by atoms with Crippen LogP contribution in [0.25, 0.3) is 0 Å². The molecule has 0 aliphatic carbocycles. The van der Waals surface area contributed by atoms with Crippen molar-refractivity contribution in [2.24, 2.45) is 0 Å². The maximum Gasteiger partial charge on any atom is 0.0461 e. The third kappa shape index (κ3) is 5.24. The molecule has 2 heteroatoms. The van der Waals surface area contributed by atoms with Crippen molar-refractivity contribution < 1.29 is 0 Å². The second kappa shape index (κ2) is 9.12. The predicted octanol–water partition coefficient (Wildman–Crippen LogP) is 4.58. The summed E-state index contributed by atoms with van der Waals surface area (Å²) in [5.74, 6) is 0. The van der Waals surface area contributed by atoms with E-state index in [-0.39, 0.29) is 0 Å². The Morgan fingerprint density at radius 2 is 1.80 bits per heavy atom. The largest absolute Gasteiger partial charge is 0.299 e.